The predicted molar refractivity (Wildman–Crippen MR) is 343 cm³/mol. The second-order valence-electron chi connectivity index (χ2n) is 17.3. The van der Waals surface area contributed by atoms with Gasteiger partial charge in [-0.05, 0) is 98.3 Å². The van der Waals surface area contributed by atoms with E-state index in [1.165, 1.54) is 0 Å². The standard InChI is InChI=1S/C75H50N6Si/c1-4-24-51(25-5-1)52-46-47-72-65(49-52)63-38-14-16-40-66(63)79(72)54-27-23-33-58(50-54)82(55-28-6-2-7-29-55,56-30-8-3-9-31-56)57-32-22-26-53(48-57)73-76-74(78-75(77-73)81-69-43-19-12-36-61(69)62-37-13-20-44-70(62)81)64-39-15-21-45-71(64)80-67-41-17-10-34-59(67)60-35-11-18-42-68(60)80/h1-50H/i1D,2D,3D,4D,5D,6D,7D,8D,9D,10D,11D,12D,13D,14D,15D,16D,17D,18D,19D,20D,21D,22D,23D,24D,25D,26D,27D,28D,29D,30D,31D,32D,33D,34D,35D,36D,37D,38D,39D,40D,41D,42D,43D,44D,45D,46D,47D,48D,49D,50D. The van der Waals surface area contributed by atoms with Crippen molar-refractivity contribution in [2.24, 2.45) is 0 Å². The first-order valence-corrected chi connectivity index (χ1v) is 25.9. The van der Waals surface area contributed by atoms with Crippen molar-refractivity contribution in [2.75, 3.05) is 0 Å². The zero-order valence-corrected chi connectivity index (χ0v) is 41.7. The largest absolute Gasteiger partial charge is 0.309 e. The summed E-state index contributed by atoms with van der Waals surface area (Å²) in [6.07, 6.45) is 0. The third-order valence-corrected chi connectivity index (χ3v) is 17.1. The molecule has 4 aromatic heterocycles. The van der Waals surface area contributed by atoms with Crippen molar-refractivity contribution in [1.29, 1.82) is 0 Å². The second kappa shape index (κ2) is 19.3. The van der Waals surface area contributed by atoms with Gasteiger partial charge < -0.3 is 9.13 Å². The van der Waals surface area contributed by atoms with Crippen molar-refractivity contribution in [1.82, 2.24) is 28.7 Å². The van der Waals surface area contributed by atoms with Gasteiger partial charge in [0, 0.05) is 49.1 Å². The Morgan fingerprint density at radius 1 is 0.268 bits per heavy atom. The maximum atomic E-state index is 11.2. The predicted octanol–water partition coefficient (Wildman–Crippen LogP) is 15.5. The molecule has 0 bridgehead atoms. The van der Waals surface area contributed by atoms with E-state index >= 15 is 0 Å². The van der Waals surface area contributed by atoms with E-state index in [0.29, 0.717) is 13.7 Å². The van der Waals surface area contributed by atoms with Crippen molar-refractivity contribution in [2.45, 2.75) is 0 Å². The Bertz CT molecular complexity index is 7910. The highest BCUT2D eigenvalue weighted by Crippen LogP contribution is 2.39. The van der Waals surface area contributed by atoms with Gasteiger partial charge in [-0.25, -0.2) is 4.98 Å². The number of hydrogen-bond acceptors (Lipinski definition) is 3. The van der Waals surface area contributed by atoms with Crippen LogP contribution in [0.4, 0.5) is 0 Å². The van der Waals surface area contributed by atoms with E-state index < -0.39 is 448 Å². The minimum Gasteiger partial charge on any atom is -0.309 e. The molecule has 82 heavy (non-hydrogen) atoms. The van der Waals surface area contributed by atoms with Crippen LogP contribution in [0, 0.1) is 0 Å². The van der Waals surface area contributed by atoms with Gasteiger partial charge in [0.15, 0.2) is 19.7 Å². The summed E-state index contributed by atoms with van der Waals surface area (Å²) in [7, 11) is -7.38. The second-order valence-corrected chi connectivity index (χ2v) is 20.8. The van der Waals surface area contributed by atoms with E-state index in [2.05, 4.69) is 15.0 Å². The normalized spacial score (nSPS) is 20.4. The molecule has 0 aliphatic heterocycles. The van der Waals surface area contributed by atoms with Crippen LogP contribution in [0.15, 0.2) is 302 Å². The molecule has 0 N–H and O–H groups in total. The van der Waals surface area contributed by atoms with Crippen LogP contribution in [0.3, 0.4) is 0 Å². The number of para-hydroxylation sites is 6. The van der Waals surface area contributed by atoms with Gasteiger partial charge in [-0.15, -0.1) is 0 Å². The molecule has 384 valence electrons. The Hall–Kier alpha value is -10.7. The highest BCUT2D eigenvalue weighted by atomic mass is 28.3. The minimum absolute atomic E-state index is 0.374. The average molecular weight is 1110 g/mol. The van der Waals surface area contributed by atoms with Crippen LogP contribution in [0.2, 0.25) is 0 Å². The van der Waals surface area contributed by atoms with Crippen molar-refractivity contribution in [3.05, 3.63) is 302 Å². The molecule has 12 aromatic carbocycles. The summed E-state index contributed by atoms with van der Waals surface area (Å²) in [6, 6.07) is -65.2. The van der Waals surface area contributed by atoms with E-state index in [9.17, 15) is 45.2 Å². The Morgan fingerprint density at radius 3 is 1.29 bits per heavy atom. The molecule has 0 saturated heterocycles. The number of hydrogen-bond donors (Lipinski definition) is 0. The van der Waals surface area contributed by atoms with Crippen LogP contribution in [-0.2, 0) is 0 Å². The van der Waals surface area contributed by atoms with Crippen LogP contribution in [0.1, 0.15) is 68.5 Å². The van der Waals surface area contributed by atoms with E-state index in [1.54, 1.807) is 0 Å². The highest BCUT2D eigenvalue weighted by Gasteiger charge is 2.42. The molecule has 0 atom stereocenters. The van der Waals surface area contributed by atoms with Crippen LogP contribution in [0.25, 0.3) is 117 Å². The molecule has 16 aromatic rings. The smallest absolute Gasteiger partial charge is 0.238 e. The number of nitrogens with zero attached hydrogens (tertiary/aromatic N) is 6. The van der Waals surface area contributed by atoms with Crippen molar-refractivity contribution < 1.29 is 68.5 Å². The first-order valence-electron chi connectivity index (χ1n) is 48.9. The molecular weight excluding hydrogens is 1010 g/mol. The van der Waals surface area contributed by atoms with Crippen molar-refractivity contribution in [3.8, 4) is 51.2 Å². The molecular formula is C75H50N6Si. The lowest BCUT2D eigenvalue weighted by Crippen LogP contribution is -2.74. The molecule has 0 radical (unpaired) electrons. The van der Waals surface area contributed by atoms with Gasteiger partial charge in [0.1, 0.15) is 0 Å². The van der Waals surface area contributed by atoms with Crippen LogP contribution < -0.4 is 20.7 Å². The lowest BCUT2D eigenvalue weighted by molar-refractivity contribution is 0.952. The Morgan fingerprint density at radius 2 is 0.695 bits per heavy atom. The number of aromatic nitrogens is 6. The van der Waals surface area contributed by atoms with Crippen LogP contribution >= 0.6 is 0 Å². The Labute approximate surface area is 545 Å². The molecule has 0 saturated carbocycles. The maximum absolute atomic E-state index is 11.2. The van der Waals surface area contributed by atoms with Gasteiger partial charge in [-0.2, -0.15) is 9.97 Å². The summed E-state index contributed by atoms with van der Waals surface area (Å²) >= 11 is 0. The fraction of sp³-hybridized carbons (Fsp3) is 0. The summed E-state index contributed by atoms with van der Waals surface area (Å²) in [4.78, 5) is 13.8. The summed E-state index contributed by atoms with van der Waals surface area (Å²) in [5.41, 5.74) is -13.1. The average Bonchev–Trinajstić information content (AvgIpc) is 0.785. The first kappa shape index (κ1) is 18.9. The van der Waals surface area contributed by atoms with Gasteiger partial charge in [-0.3, -0.25) is 4.57 Å². The molecule has 7 heteroatoms. The van der Waals surface area contributed by atoms with Gasteiger partial charge in [0.2, 0.25) is 5.95 Å². The highest BCUT2D eigenvalue weighted by molar-refractivity contribution is 7.20. The lowest BCUT2D eigenvalue weighted by atomic mass is 10.0. The SMILES string of the molecule is [2H]c1c([2H])c([2H])c(-c2c([2H])c([2H])c3c(c2[2H])c2c([2H])c([2H])c([2H])c([2H])c2n3-c2c([2H])c([2H])c([2H])c([Si](c3c([2H])c([2H])c([2H])c([2H])c3[2H])(c3c([2H])c([2H])c([2H])c([2H])c3[2H])c3c([2H])c([2H])c([2H])c(-c4nc(-c5c([2H])c([2H])c([2H])c([2H])c5-n5c6c([2H])c([2H])c([2H])c([2H])c6c6c([2H])c([2H])c([2H])c([2H])c65)nc(-n5c6c([2H])c([2H])c([2H])c([2H])c6c6c([2H])c([2H])c([2H])c([2H])c65)n4)c3[2H])c2[2H])c([2H])c1[2H]. The minimum atomic E-state index is -7.38. The molecule has 4 heterocycles. The van der Waals surface area contributed by atoms with Gasteiger partial charge in [0.05, 0.1) is 107 Å². The maximum Gasteiger partial charge on any atom is 0.238 e. The van der Waals surface area contributed by atoms with Crippen molar-refractivity contribution >= 4 is 94.2 Å². The summed E-state index contributed by atoms with van der Waals surface area (Å²) in [5.74, 6) is -4.26. The van der Waals surface area contributed by atoms with E-state index in [-0.39, 0.29) is 0 Å². The molecule has 0 aliphatic rings. The Balaban J connectivity index is 1.19. The van der Waals surface area contributed by atoms with E-state index in [1.807, 2.05) is 0 Å². The van der Waals surface area contributed by atoms with E-state index in [4.69, 9.17) is 23.3 Å². The van der Waals surface area contributed by atoms with Gasteiger partial charge in [-0.1, -0.05) is 236 Å². The lowest BCUT2D eigenvalue weighted by Gasteiger charge is -2.35. The van der Waals surface area contributed by atoms with Gasteiger partial charge >= 0.3 is 0 Å². The molecule has 0 amide bonds. The molecule has 0 aliphatic carbocycles. The zero-order valence-electron chi connectivity index (χ0n) is 90.7. The third kappa shape index (κ3) is 7.44. The van der Waals surface area contributed by atoms with E-state index in [0.717, 1.165) is 0 Å². The van der Waals surface area contributed by atoms with Crippen LogP contribution in [0.5, 0.6) is 0 Å². The fourth-order valence-electron chi connectivity index (χ4n) is 9.73. The number of fused-ring (bicyclic) bond motifs is 9. The summed E-state index contributed by atoms with van der Waals surface area (Å²) in [5, 5.41) is -11.3. The molecule has 16 rings (SSSR count). The third-order valence-electron chi connectivity index (χ3n) is 13.1. The zero-order chi connectivity index (χ0) is 97.7. The Kier molecular flexibility index (Phi) is 4.45. The quantitative estimate of drug-likeness (QED) is 0.101. The van der Waals surface area contributed by atoms with Gasteiger partial charge in [0.25, 0.3) is 0 Å². The summed E-state index contributed by atoms with van der Waals surface area (Å²) in [6.45, 7) is 0. The number of benzene rings is 12. The molecule has 0 spiro atoms. The molecule has 0 unspecified atom stereocenters. The topological polar surface area (TPSA) is 53.5 Å². The summed E-state index contributed by atoms with van der Waals surface area (Å²) < 4.78 is 478. The van der Waals surface area contributed by atoms with Crippen molar-refractivity contribution in [3.63, 3.8) is 0 Å². The fourth-order valence-corrected chi connectivity index (χ4v) is 13.3. The van der Waals surface area contributed by atoms with Crippen LogP contribution in [-0.4, -0.2) is 36.7 Å². The number of rotatable bonds is 10. The first-order chi connectivity index (χ1) is 61.5. The molecule has 6 nitrogen and oxygen atoms in total. The monoisotopic (exact) mass is 1110 g/mol. The molecule has 0 fully saturated rings.